The summed E-state index contributed by atoms with van der Waals surface area (Å²) in [6, 6.07) is 3.79. The van der Waals surface area contributed by atoms with Gasteiger partial charge in [-0.2, -0.15) is 4.39 Å². The lowest BCUT2D eigenvalue weighted by atomic mass is 10.2. The van der Waals surface area contributed by atoms with Gasteiger partial charge >= 0.3 is 0 Å². The van der Waals surface area contributed by atoms with Crippen molar-refractivity contribution in [2.45, 2.75) is 32.0 Å². The van der Waals surface area contributed by atoms with E-state index in [9.17, 15) is 8.78 Å². The van der Waals surface area contributed by atoms with E-state index in [2.05, 4.69) is 4.74 Å². The van der Waals surface area contributed by atoms with Crippen LogP contribution in [0.4, 0.5) is 8.78 Å². The average molecular weight is 260 g/mol. The quantitative estimate of drug-likeness (QED) is 0.888. The third-order valence-electron chi connectivity index (χ3n) is 2.66. The highest BCUT2D eigenvalue weighted by Gasteiger charge is 2.19. The Balaban J connectivity index is 0.000000184. The summed E-state index contributed by atoms with van der Waals surface area (Å²) in [5, 5.41) is 8.56. The second-order valence-corrected chi connectivity index (χ2v) is 4.08. The molecule has 5 heteroatoms. The van der Waals surface area contributed by atoms with Crippen LogP contribution in [0.1, 0.15) is 19.8 Å². The monoisotopic (exact) mass is 260 g/mol. The number of aliphatic hydroxyl groups excluding tert-OH is 1. The maximum Gasteiger partial charge on any atom is 0.200 e. The minimum Gasteiger partial charge on any atom is -0.494 e. The molecule has 0 bridgehead atoms. The summed E-state index contributed by atoms with van der Waals surface area (Å²) in [6.45, 7) is 2.22. The summed E-state index contributed by atoms with van der Waals surface area (Å²) in [5.74, 6) is -1.90. The van der Waals surface area contributed by atoms with E-state index in [1.165, 1.54) is 19.2 Å². The number of benzene rings is 1. The first-order valence-corrected chi connectivity index (χ1v) is 5.82. The van der Waals surface area contributed by atoms with Crippen molar-refractivity contribution in [2.24, 2.45) is 0 Å². The molecule has 0 aromatic heterocycles. The number of aliphatic hydroxyl groups is 1. The lowest BCUT2D eigenvalue weighted by molar-refractivity contribution is 0.0198. The fourth-order valence-corrected chi connectivity index (χ4v) is 1.66. The number of halogens is 2. The van der Waals surface area contributed by atoms with Gasteiger partial charge in [0, 0.05) is 0 Å². The topological polar surface area (TPSA) is 38.7 Å². The molecule has 2 rings (SSSR count). The molecule has 1 aliphatic heterocycles. The van der Waals surface area contributed by atoms with Gasteiger partial charge in [0.25, 0.3) is 0 Å². The lowest BCUT2D eigenvalue weighted by Crippen LogP contribution is -2.11. The van der Waals surface area contributed by atoms with E-state index in [1.807, 2.05) is 6.92 Å². The Bertz CT molecular complexity index is 371. The van der Waals surface area contributed by atoms with Gasteiger partial charge in [0.2, 0.25) is 5.82 Å². The summed E-state index contributed by atoms with van der Waals surface area (Å²) in [6.07, 6.45) is 2.63. The second kappa shape index (κ2) is 7.28. The van der Waals surface area contributed by atoms with Crippen molar-refractivity contribution in [3.8, 4) is 5.75 Å². The molecule has 1 N–H and O–H groups in total. The Labute approximate surface area is 105 Å². The second-order valence-electron chi connectivity index (χ2n) is 4.08. The third kappa shape index (κ3) is 4.23. The minimum absolute atomic E-state index is 0.0694. The zero-order chi connectivity index (χ0) is 13.5. The van der Waals surface area contributed by atoms with Crippen molar-refractivity contribution in [2.75, 3.05) is 13.7 Å². The van der Waals surface area contributed by atoms with Crippen molar-refractivity contribution in [3.05, 3.63) is 29.8 Å². The van der Waals surface area contributed by atoms with E-state index in [0.29, 0.717) is 6.10 Å². The maximum atomic E-state index is 12.5. The Morgan fingerprint density at radius 1 is 1.39 bits per heavy atom. The van der Waals surface area contributed by atoms with Gasteiger partial charge in [-0.15, -0.1) is 0 Å². The van der Waals surface area contributed by atoms with E-state index in [1.54, 1.807) is 0 Å². The Morgan fingerprint density at radius 3 is 2.50 bits per heavy atom. The molecule has 1 aliphatic rings. The molecule has 0 aliphatic carbocycles. The van der Waals surface area contributed by atoms with Crippen molar-refractivity contribution >= 4 is 0 Å². The smallest absolute Gasteiger partial charge is 0.200 e. The molecular weight excluding hydrogens is 242 g/mol. The van der Waals surface area contributed by atoms with Crippen molar-refractivity contribution < 1.29 is 23.4 Å². The van der Waals surface area contributed by atoms with Crippen molar-refractivity contribution in [1.29, 1.82) is 0 Å². The van der Waals surface area contributed by atoms with Crippen LogP contribution in [0.2, 0.25) is 0 Å². The van der Waals surface area contributed by atoms with E-state index in [-0.39, 0.29) is 18.5 Å². The summed E-state index contributed by atoms with van der Waals surface area (Å²) >= 11 is 0. The maximum absolute atomic E-state index is 12.5. The van der Waals surface area contributed by atoms with Crippen LogP contribution in [0.5, 0.6) is 5.75 Å². The first kappa shape index (κ1) is 14.9. The van der Waals surface area contributed by atoms with Gasteiger partial charge in [-0.1, -0.05) is 6.07 Å². The molecule has 18 heavy (non-hydrogen) atoms. The van der Waals surface area contributed by atoms with E-state index >= 15 is 0 Å². The largest absolute Gasteiger partial charge is 0.494 e. The average Bonchev–Trinajstić information content (AvgIpc) is 2.79. The van der Waals surface area contributed by atoms with Crippen LogP contribution >= 0.6 is 0 Å². The summed E-state index contributed by atoms with van der Waals surface area (Å²) in [7, 11) is 1.29. The molecule has 0 saturated carbocycles. The number of methoxy groups -OCH3 is 1. The van der Waals surface area contributed by atoms with Crippen molar-refractivity contribution in [1.82, 2.24) is 0 Å². The Morgan fingerprint density at radius 2 is 2.11 bits per heavy atom. The molecule has 1 aromatic rings. The van der Waals surface area contributed by atoms with E-state index in [4.69, 9.17) is 9.84 Å². The number of rotatable bonds is 2. The molecule has 0 radical (unpaired) electrons. The molecule has 0 amide bonds. The fourth-order valence-electron chi connectivity index (χ4n) is 1.66. The first-order chi connectivity index (χ1) is 8.58. The molecule has 3 nitrogen and oxygen atoms in total. The molecule has 2 atom stereocenters. The fraction of sp³-hybridized carbons (Fsp3) is 0.538. The van der Waals surface area contributed by atoms with Crippen LogP contribution in [0.3, 0.4) is 0 Å². The lowest BCUT2D eigenvalue weighted by Gasteiger charge is -2.05. The molecule has 2 unspecified atom stereocenters. The molecule has 1 aromatic carbocycles. The molecule has 102 valence electrons. The van der Waals surface area contributed by atoms with Crippen LogP contribution in [0.15, 0.2) is 18.2 Å². The number of ether oxygens (including phenoxy) is 2. The molecular formula is C13H18F2O3. The zero-order valence-corrected chi connectivity index (χ0v) is 10.5. The number of hydrogen-bond donors (Lipinski definition) is 1. The molecule has 1 heterocycles. The predicted molar refractivity (Wildman–Crippen MR) is 63.6 cm³/mol. The van der Waals surface area contributed by atoms with Gasteiger partial charge in [-0.05, 0) is 31.9 Å². The Hall–Kier alpha value is -1.20. The van der Waals surface area contributed by atoms with Crippen LogP contribution in [-0.4, -0.2) is 31.0 Å². The van der Waals surface area contributed by atoms with E-state index < -0.39 is 11.6 Å². The highest BCUT2D eigenvalue weighted by Crippen LogP contribution is 2.18. The van der Waals surface area contributed by atoms with Gasteiger partial charge in [-0.25, -0.2) is 4.39 Å². The predicted octanol–water partition coefficient (Wildman–Crippen LogP) is 2.52. The van der Waals surface area contributed by atoms with Gasteiger partial charge in [0.15, 0.2) is 11.6 Å². The van der Waals surface area contributed by atoms with Crippen LogP contribution in [0, 0.1) is 11.6 Å². The van der Waals surface area contributed by atoms with Crippen molar-refractivity contribution in [3.63, 3.8) is 0 Å². The van der Waals surface area contributed by atoms with Gasteiger partial charge in [-0.3, -0.25) is 0 Å². The normalized spacial score (nSPS) is 22.3. The summed E-state index contributed by atoms with van der Waals surface area (Å²) < 4.78 is 34.6. The SMILES string of the molecule is CC1CCC(CO)O1.COc1cccc(F)c1F. The van der Waals surface area contributed by atoms with Gasteiger partial charge in [0.1, 0.15) is 0 Å². The van der Waals surface area contributed by atoms with Gasteiger partial charge < -0.3 is 14.6 Å². The first-order valence-electron chi connectivity index (χ1n) is 5.82. The van der Waals surface area contributed by atoms with Crippen LogP contribution < -0.4 is 4.74 Å². The highest BCUT2D eigenvalue weighted by molar-refractivity contribution is 5.24. The molecule has 0 spiro atoms. The molecule has 1 fully saturated rings. The number of hydrogen-bond acceptors (Lipinski definition) is 3. The Kier molecular flexibility index (Phi) is 6.01. The van der Waals surface area contributed by atoms with E-state index in [0.717, 1.165) is 18.9 Å². The molecule has 1 saturated heterocycles. The zero-order valence-electron chi connectivity index (χ0n) is 10.5. The summed E-state index contributed by atoms with van der Waals surface area (Å²) in [4.78, 5) is 0. The minimum atomic E-state index is -0.940. The third-order valence-corrected chi connectivity index (χ3v) is 2.66. The highest BCUT2D eigenvalue weighted by atomic mass is 19.2. The van der Waals surface area contributed by atoms with Crippen LogP contribution in [-0.2, 0) is 4.74 Å². The standard InChI is InChI=1S/C7H6F2O.C6H12O2/c1-10-6-4-2-3-5(8)7(6)9;1-5-2-3-6(4-7)8-5/h2-4H,1H3;5-7H,2-4H2,1H3. The summed E-state index contributed by atoms with van der Waals surface area (Å²) in [5.41, 5.74) is 0. The van der Waals surface area contributed by atoms with Crippen LogP contribution in [0.25, 0.3) is 0 Å². The van der Waals surface area contributed by atoms with Gasteiger partial charge in [0.05, 0.1) is 25.9 Å².